The van der Waals surface area contributed by atoms with E-state index < -0.39 is 0 Å². The molecule has 1 saturated carbocycles. The first kappa shape index (κ1) is 14.0. The molecule has 1 saturated heterocycles. The zero-order valence-corrected chi connectivity index (χ0v) is 11.9. The van der Waals surface area contributed by atoms with Crippen LogP contribution in [0.25, 0.3) is 0 Å². The van der Waals surface area contributed by atoms with E-state index in [2.05, 4.69) is 0 Å². The van der Waals surface area contributed by atoms with Crippen LogP contribution in [0.15, 0.2) is 24.3 Å². The second-order valence-electron chi connectivity index (χ2n) is 5.75. The molecule has 2 fully saturated rings. The number of carbonyl (C=O) groups is 2. The molecule has 0 radical (unpaired) electrons. The van der Waals surface area contributed by atoms with E-state index in [1.165, 1.54) is 24.3 Å². The number of amides is 2. The minimum Gasteiger partial charge on any atom is -0.339 e. The molecule has 0 unspecified atom stereocenters. The maximum atomic E-state index is 12.9. The van der Waals surface area contributed by atoms with Crippen molar-refractivity contribution in [2.45, 2.75) is 19.3 Å². The Morgan fingerprint density at radius 1 is 0.952 bits per heavy atom. The molecule has 5 heteroatoms. The first-order chi connectivity index (χ1) is 10.1. The number of hydrogen-bond acceptors (Lipinski definition) is 2. The summed E-state index contributed by atoms with van der Waals surface area (Å²) in [7, 11) is 0. The summed E-state index contributed by atoms with van der Waals surface area (Å²) in [6.45, 7) is 2.30. The second-order valence-corrected chi connectivity index (χ2v) is 5.75. The maximum absolute atomic E-state index is 12.9. The van der Waals surface area contributed by atoms with Crippen molar-refractivity contribution in [2.24, 2.45) is 5.92 Å². The lowest BCUT2D eigenvalue weighted by atomic mass is 9.84. The van der Waals surface area contributed by atoms with Crippen LogP contribution < -0.4 is 0 Å². The third-order valence-corrected chi connectivity index (χ3v) is 4.42. The van der Waals surface area contributed by atoms with Crippen LogP contribution in [0, 0.1) is 11.7 Å². The summed E-state index contributed by atoms with van der Waals surface area (Å²) in [5.41, 5.74) is 0.496. The van der Waals surface area contributed by atoms with Gasteiger partial charge in [-0.05, 0) is 37.1 Å². The van der Waals surface area contributed by atoms with Gasteiger partial charge in [0.2, 0.25) is 5.91 Å². The number of benzene rings is 1. The predicted molar refractivity (Wildman–Crippen MR) is 76.2 cm³/mol. The van der Waals surface area contributed by atoms with Gasteiger partial charge in [-0.1, -0.05) is 6.42 Å². The summed E-state index contributed by atoms with van der Waals surface area (Å²) in [4.78, 5) is 28.0. The molecule has 0 aromatic heterocycles. The van der Waals surface area contributed by atoms with Gasteiger partial charge < -0.3 is 9.80 Å². The summed E-state index contributed by atoms with van der Waals surface area (Å²) in [6.07, 6.45) is 3.17. The Hall–Kier alpha value is -1.91. The number of piperazine rings is 1. The lowest BCUT2D eigenvalue weighted by Gasteiger charge is -2.38. The van der Waals surface area contributed by atoms with Gasteiger partial charge in [0.25, 0.3) is 5.91 Å². The summed E-state index contributed by atoms with van der Waals surface area (Å²) < 4.78 is 12.9. The summed E-state index contributed by atoms with van der Waals surface area (Å²) in [5, 5.41) is 0. The van der Waals surface area contributed by atoms with Gasteiger partial charge in [0.05, 0.1) is 0 Å². The van der Waals surface area contributed by atoms with E-state index >= 15 is 0 Å². The number of nitrogens with zero attached hydrogens (tertiary/aromatic N) is 2. The van der Waals surface area contributed by atoms with Crippen LogP contribution >= 0.6 is 0 Å². The standard InChI is InChI=1S/C16H19FN2O2/c17-14-6-4-13(5-7-14)16(21)19-10-8-18(9-11-19)15(20)12-2-1-3-12/h4-7,12H,1-3,8-11H2. The molecule has 0 bridgehead atoms. The van der Waals surface area contributed by atoms with Crippen molar-refractivity contribution >= 4 is 11.8 Å². The van der Waals surface area contributed by atoms with Crippen molar-refractivity contribution in [1.29, 1.82) is 0 Å². The zero-order valence-electron chi connectivity index (χ0n) is 11.9. The number of hydrogen-bond donors (Lipinski definition) is 0. The zero-order chi connectivity index (χ0) is 14.8. The molecule has 4 nitrogen and oxygen atoms in total. The van der Waals surface area contributed by atoms with E-state index in [-0.39, 0.29) is 23.5 Å². The molecule has 1 heterocycles. The molecular weight excluding hydrogens is 271 g/mol. The van der Waals surface area contributed by atoms with Crippen molar-refractivity contribution in [2.75, 3.05) is 26.2 Å². The first-order valence-corrected chi connectivity index (χ1v) is 7.49. The van der Waals surface area contributed by atoms with Crippen LogP contribution in [0.4, 0.5) is 4.39 Å². The van der Waals surface area contributed by atoms with Gasteiger partial charge in [-0.2, -0.15) is 0 Å². The smallest absolute Gasteiger partial charge is 0.253 e. The van der Waals surface area contributed by atoms with Gasteiger partial charge in [-0.15, -0.1) is 0 Å². The largest absolute Gasteiger partial charge is 0.339 e. The molecule has 0 spiro atoms. The van der Waals surface area contributed by atoms with Crippen LogP contribution in [-0.2, 0) is 4.79 Å². The second kappa shape index (κ2) is 5.84. The molecule has 0 atom stereocenters. The average molecular weight is 290 g/mol. The minimum absolute atomic E-state index is 0.0919. The van der Waals surface area contributed by atoms with Crippen LogP contribution in [0.5, 0.6) is 0 Å². The van der Waals surface area contributed by atoms with Gasteiger partial charge in [0.15, 0.2) is 0 Å². The fourth-order valence-corrected chi connectivity index (χ4v) is 2.82. The molecule has 1 aliphatic carbocycles. The van der Waals surface area contributed by atoms with Gasteiger partial charge in [-0.3, -0.25) is 9.59 Å². The Bertz CT molecular complexity index is 532. The molecular formula is C16H19FN2O2. The Balaban J connectivity index is 1.56. The van der Waals surface area contributed by atoms with Crippen molar-refractivity contribution in [3.05, 3.63) is 35.6 Å². The monoisotopic (exact) mass is 290 g/mol. The molecule has 21 heavy (non-hydrogen) atoms. The van der Waals surface area contributed by atoms with Crippen molar-refractivity contribution in [3.63, 3.8) is 0 Å². The normalized spacial score (nSPS) is 19.3. The highest BCUT2D eigenvalue weighted by Gasteiger charge is 2.32. The number of carbonyl (C=O) groups excluding carboxylic acids is 2. The van der Waals surface area contributed by atoms with E-state index in [0.717, 1.165) is 19.3 Å². The van der Waals surface area contributed by atoms with E-state index in [1.54, 1.807) is 4.90 Å². The highest BCUT2D eigenvalue weighted by Crippen LogP contribution is 2.28. The fourth-order valence-electron chi connectivity index (χ4n) is 2.82. The fraction of sp³-hybridized carbons (Fsp3) is 0.500. The van der Waals surface area contributed by atoms with Crippen LogP contribution in [0.3, 0.4) is 0 Å². The Kier molecular flexibility index (Phi) is 3.90. The van der Waals surface area contributed by atoms with E-state index in [9.17, 15) is 14.0 Å². The third-order valence-electron chi connectivity index (χ3n) is 4.42. The lowest BCUT2D eigenvalue weighted by molar-refractivity contribution is -0.139. The Labute approximate surface area is 123 Å². The van der Waals surface area contributed by atoms with Crippen LogP contribution in [-0.4, -0.2) is 47.8 Å². The van der Waals surface area contributed by atoms with Gasteiger partial charge >= 0.3 is 0 Å². The summed E-state index contributed by atoms with van der Waals surface area (Å²) in [6, 6.07) is 5.60. The van der Waals surface area contributed by atoms with Crippen molar-refractivity contribution in [1.82, 2.24) is 9.80 Å². The van der Waals surface area contributed by atoms with Crippen LogP contribution in [0.1, 0.15) is 29.6 Å². The van der Waals surface area contributed by atoms with Crippen molar-refractivity contribution < 1.29 is 14.0 Å². The lowest BCUT2D eigenvalue weighted by Crippen LogP contribution is -2.52. The third kappa shape index (κ3) is 2.91. The van der Waals surface area contributed by atoms with Crippen molar-refractivity contribution in [3.8, 4) is 0 Å². The highest BCUT2D eigenvalue weighted by atomic mass is 19.1. The first-order valence-electron chi connectivity index (χ1n) is 7.49. The molecule has 112 valence electrons. The molecule has 0 N–H and O–H groups in total. The van der Waals surface area contributed by atoms with Crippen LogP contribution in [0.2, 0.25) is 0 Å². The predicted octanol–water partition coefficient (Wildman–Crippen LogP) is 1.91. The summed E-state index contributed by atoms with van der Waals surface area (Å²) in [5.74, 6) is 0.0210. The molecule has 3 rings (SSSR count). The average Bonchev–Trinajstić information content (AvgIpc) is 2.46. The summed E-state index contributed by atoms with van der Waals surface area (Å²) >= 11 is 0. The topological polar surface area (TPSA) is 40.6 Å². The molecule has 1 aromatic carbocycles. The molecule has 2 aliphatic rings. The number of rotatable bonds is 2. The maximum Gasteiger partial charge on any atom is 0.253 e. The Morgan fingerprint density at radius 3 is 2.05 bits per heavy atom. The Morgan fingerprint density at radius 2 is 1.52 bits per heavy atom. The minimum atomic E-state index is -0.345. The van der Waals surface area contributed by atoms with E-state index in [0.29, 0.717) is 31.7 Å². The highest BCUT2D eigenvalue weighted by molar-refractivity contribution is 5.94. The van der Waals surface area contributed by atoms with E-state index in [4.69, 9.17) is 0 Å². The molecule has 1 aliphatic heterocycles. The SMILES string of the molecule is O=C(c1ccc(F)cc1)N1CCN(C(=O)C2CCC2)CC1. The van der Waals surface area contributed by atoms with Gasteiger partial charge in [-0.25, -0.2) is 4.39 Å². The number of halogens is 1. The quantitative estimate of drug-likeness (QED) is 0.835. The van der Waals surface area contributed by atoms with Gasteiger partial charge in [0, 0.05) is 37.7 Å². The molecule has 2 amide bonds. The molecule has 1 aromatic rings. The van der Waals surface area contributed by atoms with Gasteiger partial charge in [0.1, 0.15) is 5.82 Å². The van der Waals surface area contributed by atoms with E-state index in [1.807, 2.05) is 4.90 Å².